The third-order valence-corrected chi connectivity index (χ3v) is 2.18. The Labute approximate surface area is 83.3 Å². The molecule has 0 heterocycles. The zero-order valence-electron chi connectivity index (χ0n) is 8.56. The van der Waals surface area contributed by atoms with E-state index >= 15 is 0 Å². The molecule has 0 unspecified atom stereocenters. The monoisotopic (exact) mass is 200 g/mol. The average Bonchev–Trinajstić information content (AvgIpc) is 2.87. The van der Waals surface area contributed by atoms with Crippen molar-refractivity contribution in [1.82, 2.24) is 9.80 Å². The molecule has 0 saturated heterocycles. The van der Waals surface area contributed by atoms with Gasteiger partial charge in [-0.2, -0.15) is 0 Å². The Morgan fingerprint density at radius 3 is 2.29 bits per heavy atom. The highest BCUT2D eigenvalue weighted by atomic mass is 16.4. The number of nitrogens with zero attached hydrogens (tertiary/aromatic N) is 2. The molecule has 0 spiro atoms. The van der Waals surface area contributed by atoms with Crippen molar-refractivity contribution in [1.29, 1.82) is 0 Å². The van der Waals surface area contributed by atoms with E-state index in [0.29, 0.717) is 6.54 Å². The van der Waals surface area contributed by atoms with Gasteiger partial charge in [-0.25, -0.2) is 4.79 Å². The summed E-state index contributed by atoms with van der Waals surface area (Å²) in [6, 6.07) is 0.179. The highest BCUT2D eigenvalue weighted by Crippen LogP contribution is 2.27. The van der Waals surface area contributed by atoms with Crippen molar-refractivity contribution < 1.29 is 14.7 Å². The SMILES string of the molecule is CN(C)C(=O)N(CCC(=O)O)C1CC1. The van der Waals surface area contributed by atoms with Crippen molar-refractivity contribution >= 4 is 12.0 Å². The molecule has 0 bridgehead atoms. The molecule has 1 rings (SSSR count). The van der Waals surface area contributed by atoms with Gasteiger partial charge in [0.1, 0.15) is 0 Å². The quantitative estimate of drug-likeness (QED) is 0.723. The molecule has 1 aliphatic rings. The lowest BCUT2D eigenvalue weighted by atomic mass is 10.4. The van der Waals surface area contributed by atoms with Crippen LogP contribution in [0, 0.1) is 0 Å². The standard InChI is InChI=1S/C9H16N2O3/c1-10(2)9(14)11(7-3-4-7)6-5-8(12)13/h7H,3-6H2,1-2H3,(H,12,13). The molecule has 80 valence electrons. The first-order valence-electron chi connectivity index (χ1n) is 4.72. The molecule has 1 N–H and O–H groups in total. The van der Waals surface area contributed by atoms with E-state index in [-0.39, 0.29) is 18.5 Å². The summed E-state index contributed by atoms with van der Waals surface area (Å²) in [5.74, 6) is -0.859. The van der Waals surface area contributed by atoms with Gasteiger partial charge in [0.2, 0.25) is 0 Å². The van der Waals surface area contributed by atoms with Gasteiger partial charge in [0.05, 0.1) is 6.42 Å². The first-order chi connectivity index (χ1) is 6.52. The number of aliphatic carboxylic acids is 1. The van der Waals surface area contributed by atoms with Crippen LogP contribution in [-0.2, 0) is 4.79 Å². The van der Waals surface area contributed by atoms with E-state index in [1.807, 2.05) is 0 Å². The molecule has 0 aromatic heterocycles. The molecule has 0 aromatic rings. The number of carboxylic acid groups (broad SMARTS) is 1. The Bertz CT molecular complexity index is 236. The van der Waals surface area contributed by atoms with Crippen molar-refractivity contribution in [2.75, 3.05) is 20.6 Å². The second-order valence-electron chi connectivity index (χ2n) is 3.75. The van der Waals surface area contributed by atoms with Crippen molar-refractivity contribution in [3.63, 3.8) is 0 Å². The van der Waals surface area contributed by atoms with Crippen molar-refractivity contribution in [3.8, 4) is 0 Å². The third-order valence-electron chi connectivity index (χ3n) is 2.18. The number of hydrogen-bond donors (Lipinski definition) is 1. The minimum absolute atomic E-state index is 0.0239. The zero-order valence-corrected chi connectivity index (χ0v) is 8.56. The van der Waals surface area contributed by atoms with Crippen LogP contribution >= 0.6 is 0 Å². The molecule has 1 saturated carbocycles. The van der Waals surface area contributed by atoms with Gasteiger partial charge in [0, 0.05) is 26.7 Å². The fourth-order valence-corrected chi connectivity index (χ4v) is 1.29. The number of rotatable bonds is 4. The number of amides is 2. The van der Waals surface area contributed by atoms with Gasteiger partial charge >= 0.3 is 12.0 Å². The molecule has 14 heavy (non-hydrogen) atoms. The topological polar surface area (TPSA) is 60.9 Å². The molecule has 1 aliphatic carbocycles. The van der Waals surface area contributed by atoms with Gasteiger partial charge in [-0.1, -0.05) is 0 Å². The first kappa shape index (κ1) is 10.8. The fourth-order valence-electron chi connectivity index (χ4n) is 1.29. The van der Waals surface area contributed by atoms with Gasteiger partial charge in [0.15, 0.2) is 0 Å². The van der Waals surface area contributed by atoms with Crippen molar-refractivity contribution in [2.24, 2.45) is 0 Å². The Morgan fingerprint density at radius 2 is 1.93 bits per heavy atom. The number of carbonyl (C=O) groups is 2. The van der Waals surface area contributed by atoms with Gasteiger partial charge in [-0.15, -0.1) is 0 Å². The molecule has 0 aromatic carbocycles. The molecule has 0 radical (unpaired) electrons. The molecular weight excluding hydrogens is 184 g/mol. The minimum Gasteiger partial charge on any atom is -0.481 e. The van der Waals surface area contributed by atoms with E-state index in [2.05, 4.69) is 0 Å². The van der Waals surface area contributed by atoms with E-state index in [4.69, 9.17) is 5.11 Å². The van der Waals surface area contributed by atoms with E-state index in [1.165, 1.54) is 4.90 Å². The van der Waals surface area contributed by atoms with Crippen molar-refractivity contribution in [3.05, 3.63) is 0 Å². The zero-order chi connectivity index (χ0) is 10.7. The highest BCUT2D eigenvalue weighted by Gasteiger charge is 2.33. The van der Waals surface area contributed by atoms with Crippen molar-refractivity contribution in [2.45, 2.75) is 25.3 Å². The normalized spacial score (nSPS) is 15.0. The Morgan fingerprint density at radius 1 is 1.36 bits per heavy atom. The van der Waals surface area contributed by atoms with Crippen LogP contribution in [0.5, 0.6) is 0 Å². The minimum atomic E-state index is -0.859. The lowest BCUT2D eigenvalue weighted by Crippen LogP contribution is -2.41. The number of urea groups is 1. The summed E-state index contributed by atoms with van der Waals surface area (Å²) < 4.78 is 0. The predicted molar refractivity (Wildman–Crippen MR) is 51.1 cm³/mol. The van der Waals surface area contributed by atoms with Gasteiger partial charge < -0.3 is 14.9 Å². The summed E-state index contributed by atoms with van der Waals surface area (Å²) in [7, 11) is 3.36. The molecule has 0 atom stereocenters. The summed E-state index contributed by atoms with van der Waals surface area (Å²) in [5.41, 5.74) is 0. The van der Waals surface area contributed by atoms with Crippen LogP contribution in [-0.4, -0.2) is 53.6 Å². The van der Waals surface area contributed by atoms with E-state index in [1.54, 1.807) is 19.0 Å². The highest BCUT2D eigenvalue weighted by molar-refractivity contribution is 5.75. The van der Waals surface area contributed by atoms with E-state index < -0.39 is 5.97 Å². The Hall–Kier alpha value is -1.26. The molecular formula is C9H16N2O3. The summed E-state index contributed by atoms with van der Waals surface area (Å²) >= 11 is 0. The smallest absolute Gasteiger partial charge is 0.319 e. The van der Waals surface area contributed by atoms with Crippen LogP contribution in [0.15, 0.2) is 0 Å². The number of carbonyl (C=O) groups excluding carboxylic acids is 1. The van der Waals surface area contributed by atoms with Gasteiger partial charge in [-0.3, -0.25) is 4.79 Å². The summed E-state index contributed by atoms with van der Waals surface area (Å²) in [4.78, 5) is 25.1. The van der Waals surface area contributed by atoms with Crippen LogP contribution in [0.4, 0.5) is 4.79 Å². The lowest BCUT2D eigenvalue weighted by Gasteiger charge is -2.25. The Balaban J connectivity index is 2.46. The molecule has 1 fully saturated rings. The second kappa shape index (κ2) is 4.30. The maximum Gasteiger partial charge on any atom is 0.319 e. The summed E-state index contributed by atoms with van der Waals surface area (Å²) in [6.45, 7) is 0.316. The largest absolute Gasteiger partial charge is 0.481 e. The average molecular weight is 200 g/mol. The Kier molecular flexibility index (Phi) is 3.33. The van der Waals surface area contributed by atoms with Crippen LogP contribution in [0.3, 0.4) is 0 Å². The summed E-state index contributed by atoms with van der Waals surface area (Å²) in [6.07, 6.45) is 2.02. The number of hydrogen-bond acceptors (Lipinski definition) is 2. The first-order valence-corrected chi connectivity index (χ1v) is 4.72. The molecule has 0 aliphatic heterocycles. The molecule has 5 nitrogen and oxygen atoms in total. The second-order valence-corrected chi connectivity index (χ2v) is 3.75. The van der Waals surface area contributed by atoms with Crippen LogP contribution in [0.25, 0.3) is 0 Å². The molecule has 5 heteroatoms. The fraction of sp³-hybridized carbons (Fsp3) is 0.778. The maximum absolute atomic E-state index is 11.6. The number of carboxylic acids is 1. The van der Waals surface area contributed by atoms with Crippen LogP contribution in [0.2, 0.25) is 0 Å². The lowest BCUT2D eigenvalue weighted by molar-refractivity contribution is -0.137. The van der Waals surface area contributed by atoms with Gasteiger partial charge in [0.25, 0.3) is 0 Å². The van der Waals surface area contributed by atoms with E-state index in [0.717, 1.165) is 12.8 Å². The van der Waals surface area contributed by atoms with Gasteiger partial charge in [-0.05, 0) is 12.8 Å². The predicted octanol–water partition coefficient (Wildman–Crippen LogP) is 0.607. The van der Waals surface area contributed by atoms with Crippen LogP contribution in [0.1, 0.15) is 19.3 Å². The third kappa shape index (κ3) is 2.90. The molecule has 2 amide bonds. The van der Waals surface area contributed by atoms with Crippen LogP contribution < -0.4 is 0 Å². The maximum atomic E-state index is 11.6. The van der Waals surface area contributed by atoms with E-state index in [9.17, 15) is 9.59 Å². The summed E-state index contributed by atoms with van der Waals surface area (Å²) in [5, 5.41) is 8.53.